The van der Waals surface area contributed by atoms with Gasteiger partial charge in [0.2, 0.25) is 0 Å². The van der Waals surface area contributed by atoms with Crippen LogP contribution in [0, 0.1) is 17.3 Å². The van der Waals surface area contributed by atoms with Crippen LogP contribution in [0.1, 0.15) is 46.0 Å². The lowest BCUT2D eigenvalue weighted by Gasteiger charge is -2.35. The molecule has 4 atom stereocenters. The van der Waals surface area contributed by atoms with Crippen molar-refractivity contribution in [3.63, 3.8) is 0 Å². The van der Waals surface area contributed by atoms with E-state index in [0.29, 0.717) is 11.8 Å². The van der Waals surface area contributed by atoms with Gasteiger partial charge in [0.05, 0.1) is 5.41 Å². The first-order chi connectivity index (χ1) is 8.52. The number of esters is 1. The summed E-state index contributed by atoms with van der Waals surface area (Å²) in [7, 11) is 0. The van der Waals surface area contributed by atoms with Crippen LogP contribution in [0.4, 0.5) is 0 Å². The zero-order valence-corrected chi connectivity index (χ0v) is 11.3. The first-order valence-corrected chi connectivity index (χ1v) is 7.11. The van der Waals surface area contributed by atoms with Crippen molar-refractivity contribution in [3.05, 3.63) is 24.3 Å². The van der Waals surface area contributed by atoms with E-state index in [0.717, 1.165) is 32.1 Å². The molecule has 4 unspecified atom stereocenters. The summed E-state index contributed by atoms with van der Waals surface area (Å²) in [6.07, 6.45) is 14.0. The average molecular weight is 246 g/mol. The maximum atomic E-state index is 12.5. The van der Waals surface area contributed by atoms with E-state index >= 15 is 0 Å². The second-order valence-corrected chi connectivity index (χ2v) is 6.61. The van der Waals surface area contributed by atoms with Crippen molar-refractivity contribution in [2.75, 3.05) is 0 Å². The molecule has 18 heavy (non-hydrogen) atoms. The molecule has 0 saturated heterocycles. The lowest BCUT2D eigenvalue weighted by atomic mass is 9.77. The van der Waals surface area contributed by atoms with Crippen LogP contribution in [0.3, 0.4) is 0 Å². The molecule has 2 heteroatoms. The fourth-order valence-corrected chi connectivity index (χ4v) is 3.73. The first kappa shape index (κ1) is 12.0. The van der Waals surface area contributed by atoms with Crippen molar-refractivity contribution in [1.29, 1.82) is 0 Å². The number of ether oxygens (including phenoxy) is 1. The Morgan fingerprint density at radius 3 is 2.72 bits per heavy atom. The van der Waals surface area contributed by atoms with Crippen molar-refractivity contribution in [1.82, 2.24) is 0 Å². The summed E-state index contributed by atoms with van der Waals surface area (Å²) in [5.41, 5.74) is -0.655. The second-order valence-electron chi connectivity index (χ2n) is 6.61. The molecule has 3 rings (SSSR count). The molecule has 0 radical (unpaired) electrons. The fraction of sp³-hybridized carbons (Fsp3) is 0.688. The predicted octanol–water partition coefficient (Wildman–Crippen LogP) is 3.63. The summed E-state index contributed by atoms with van der Waals surface area (Å²) in [5, 5.41) is 0. The predicted molar refractivity (Wildman–Crippen MR) is 70.9 cm³/mol. The zero-order valence-electron chi connectivity index (χ0n) is 11.3. The van der Waals surface area contributed by atoms with Crippen LogP contribution < -0.4 is 0 Å². The van der Waals surface area contributed by atoms with Crippen molar-refractivity contribution in [2.45, 2.75) is 51.6 Å². The van der Waals surface area contributed by atoms with Crippen LogP contribution in [-0.2, 0) is 9.53 Å². The smallest absolute Gasteiger partial charge is 0.313 e. The highest BCUT2D eigenvalue weighted by Gasteiger charge is 2.52. The van der Waals surface area contributed by atoms with E-state index in [2.05, 4.69) is 31.2 Å². The van der Waals surface area contributed by atoms with E-state index in [-0.39, 0.29) is 17.0 Å². The van der Waals surface area contributed by atoms with E-state index in [1.165, 1.54) is 0 Å². The van der Waals surface area contributed by atoms with E-state index < -0.39 is 0 Å². The number of carbonyl (C=O) groups excluding carboxylic acids is 1. The lowest BCUT2D eigenvalue weighted by molar-refractivity contribution is -0.168. The molecular formula is C16H22O2. The Hall–Kier alpha value is -1.05. The van der Waals surface area contributed by atoms with Crippen molar-refractivity contribution in [2.24, 2.45) is 17.3 Å². The van der Waals surface area contributed by atoms with Crippen molar-refractivity contribution >= 4 is 5.97 Å². The molecule has 0 spiro atoms. The molecule has 98 valence electrons. The third-order valence-corrected chi connectivity index (χ3v) is 4.98. The van der Waals surface area contributed by atoms with Crippen LogP contribution in [0.2, 0.25) is 0 Å². The van der Waals surface area contributed by atoms with Gasteiger partial charge in [-0.2, -0.15) is 0 Å². The van der Waals surface area contributed by atoms with E-state index in [4.69, 9.17) is 4.74 Å². The molecule has 0 aliphatic heterocycles. The molecule has 0 aromatic heterocycles. The number of allylic oxidation sites excluding steroid dienone is 3. The lowest BCUT2D eigenvalue weighted by Crippen LogP contribution is -2.40. The SMILES string of the molecule is CC1(OC(=O)C2(C)CC3C=CC2C3)C=CCCC1. The van der Waals surface area contributed by atoms with Crippen LogP contribution >= 0.6 is 0 Å². The monoisotopic (exact) mass is 246 g/mol. The maximum absolute atomic E-state index is 12.5. The summed E-state index contributed by atoms with van der Waals surface area (Å²) in [6.45, 7) is 4.12. The second kappa shape index (κ2) is 3.97. The quantitative estimate of drug-likeness (QED) is 0.549. The van der Waals surface area contributed by atoms with Gasteiger partial charge in [-0.3, -0.25) is 4.79 Å². The standard InChI is InChI=1S/C16H22O2/c1-15(8-4-3-5-9-15)18-14(17)16(2)11-12-6-7-13(16)10-12/h4,6-8,12-13H,3,5,9-11H2,1-2H3. The molecule has 1 fully saturated rings. The van der Waals surface area contributed by atoms with Crippen LogP contribution in [0.25, 0.3) is 0 Å². The number of carbonyl (C=O) groups is 1. The van der Waals surface area contributed by atoms with Crippen LogP contribution in [0.15, 0.2) is 24.3 Å². The fourth-order valence-electron chi connectivity index (χ4n) is 3.73. The Balaban J connectivity index is 1.74. The molecule has 0 amide bonds. The van der Waals surface area contributed by atoms with E-state index in [9.17, 15) is 4.79 Å². The van der Waals surface area contributed by atoms with Gasteiger partial charge < -0.3 is 4.74 Å². The van der Waals surface area contributed by atoms with Gasteiger partial charge in [-0.15, -0.1) is 0 Å². The molecular weight excluding hydrogens is 224 g/mol. The van der Waals surface area contributed by atoms with Gasteiger partial charge in [0.1, 0.15) is 5.60 Å². The normalized spacial score (nSPS) is 45.4. The van der Waals surface area contributed by atoms with Gasteiger partial charge in [-0.25, -0.2) is 0 Å². The summed E-state index contributed by atoms with van der Waals surface area (Å²) in [5.74, 6) is 1.00. The highest BCUT2D eigenvalue weighted by Crippen LogP contribution is 2.53. The first-order valence-electron chi connectivity index (χ1n) is 7.11. The van der Waals surface area contributed by atoms with Crippen molar-refractivity contribution in [3.8, 4) is 0 Å². The number of rotatable bonds is 2. The Kier molecular flexibility index (Phi) is 2.65. The van der Waals surface area contributed by atoms with E-state index in [1.807, 2.05) is 6.92 Å². The largest absolute Gasteiger partial charge is 0.455 e. The minimum atomic E-state index is -0.371. The average Bonchev–Trinajstić information content (AvgIpc) is 2.89. The highest BCUT2D eigenvalue weighted by atomic mass is 16.6. The molecule has 2 bridgehead atoms. The summed E-state index contributed by atoms with van der Waals surface area (Å²) < 4.78 is 5.86. The molecule has 0 N–H and O–H groups in total. The minimum absolute atomic E-state index is 0.00778. The minimum Gasteiger partial charge on any atom is -0.455 e. The molecule has 3 aliphatic rings. The van der Waals surface area contributed by atoms with Gasteiger partial charge >= 0.3 is 5.97 Å². The molecule has 2 nitrogen and oxygen atoms in total. The van der Waals surface area contributed by atoms with Crippen molar-refractivity contribution < 1.29 is 9.53 Å². The number of fused-ring (bicyclic) bond motifs is 2. The maximum Gasteiger partial charge on any atom is 0.313 e. The highest BCUT2D eigenvalue weighted by molar-refractivity contribution is 5.78. The Bertz CT molecular complexity index is 423. The summed E-state index contributed by atoms with van der Waals surface area (Å²) in [6, 6.07) is 0. The molecule has 1 saturated carbocycles. The number of hydrogen-bond acceptors (Lipinski definition) is 2. The topological polar surface area (TPSA) is 26.3 Å². The molecule has 0 heterocycles. The van der Waals surface area contributed by atoms with Gasteiger partial charge in [-0.05, 0) is 63.9 Å². The third kappa shape index (κ3) is 1.82. The third-order valence-electron chi connectivity index (χ3n) is 4.98. The molecule has 0 aromatic rings. The van der Waals surface area contributed by atoms with Gasteiger partial charge in [0.25, 0.3) is 0 Å². The summed E-state index contributed by atoms with van der Waals surface area (Å²) in [4.78, 5) is 12.5. The Morgan fingerprint density at radius 1 is 1.33 bits per heavy atom. The Morgan fingerprint density at radius 2 is 2.17 bits per heavy atom. The summed E-state index contributed by atoms with van der Waals surface area (Å²) >= 11 is 0. The Labute approximate surface area is 109 Å². The van der Waals surface area contributed by atoms with Crippen LogP contribution in [-0.4, -0.2) is 11.6 Å². The van der Waals surface area contributed by atoms with Crippen LogP contribution in [0.5, 0.6) is 0 Å². The van der Waals surface area contributed by atoms with Gasteiger partial charge in [0, 0.05) is 0 Å². The molecule has 0 aromatic carbocycles. The number of hydrogen-bond donors (Lipinski definition) is 0. The zero-order chi connectivity index (χ0) is 12.8. The van der Waals surface area contributed by atoms with Gasteiger partial charge in [0.15, 0.2) is 0 Å². The van der Waals surface area contributed by atoms with E-state index in [1.54, 1.807) is 0 Å². The molecule has 3 aliphatic carbocycles. The van der Waals surface area contributed by atoms with Gasteiger partial charge in [-0.1, -0.05) is 18.2 Å².